The van der Waals surface area contributed by atoms with Crippen molar-refractivity contribution in [3.8, 4) is 5.75 Å². The Morgan fingerprint density at radius 1 is 1.21 bits per heavy atom. The summed E-state index contributed by atoms with van der Waals surface area (Å²) < 4.78 is 7.38. The number of aryl methyl sites for hydroxylation is 1. The molecule has 6 nitrogen and oxygen atoms in total. The molecular formula is C21H22N4O2S. The SMILES string of the molecule is CCCOc1ccc2ccccc2c1CN(C)c1nn2c(=O)cc(C)nc2s1. The number of fused-ring (bicyclic) bond motifs is 2. The van der Waals surface area contributed by atoms with Gasteiger partial charge < -0.3 is 9.64 Å². The molecule has 0 fully saturated rings. The van der Waals surface area contributed by atoms with E-state index in [0.29, 0.717) is 23.8 Å². The Morgan fingerprint density at radius 2 is 2.04 bits per heavy atom. The highest BCUT2D eigenvalue weighted by Gasteiger charge is 2.16. The van der Waals surface area contributed by atoms with Crippen LogP contribution in [0.3, 0.4) is 0 Å². The zero-order valence-electron chi connectivity index (χ0n) is 16.2. The number of hydrogen-bond donors (Lipinski definition) is 0. The Balaban J connectivity index is 1.74. The predicted molar refractivity (Wildman–Crippen MR) is 114 cm³/mol. The fourth-order valence-corrected chi connectivity index (χ4v) is 4.11. The number of hydrogen-bond acceptors (Lipinski definition) is 6. The first kappa shape index (κ1) is 18.4. The second kappa shape index (κ2) is 7.59. The molecule has 28 heavy (non-hydrogen) atoms. The Bertz CT molecular complexity index is 1200. The van der Waals surface area contributed by atoms with Gasteiger partial charge >= 0.3 is 0 Å². The molecule has 7 heteroatoms. The lowest BCUT2D eigenvalue weighted by atomic mass is 10.0. The molecule has 4 rings (SSSR count). The Labute approximate surface area is 167 Å². The Hall–Kier alpha value is -2.93. The summed E-state index contributed by atoms with van der Waals surface area (Å²) in [6.07, 6.45) is 0.952. The van der Waals surface area contributed by atoms with Gasteiger partial charge in [-0.25, -0.2) is 4.98 Å². The number of nitrogens with zero attached hydrogens (tertiary/aromatic N) is 4. The summed E-state index contributed by atoms with van der Waals surface area (Å²) in [5.41, 5.74) is 1.66. The van der Waals surface area contributed by atoms with Crippen molar-refractivity contribution in [3.63, 3.8) is 0 Å². The van der Waals surface area contributed by atoms with Gasteiger partial charge in [-0.05, 0) is 30.2 Å². The van der Waals surface area contributed by atoms with Crippen LogP contribution in [0.4, 0.5) is 5.13 Å². The quantitative estimate of drug-likeness (QED) is 0.494. The molecule has 0 unspecified atom stereocenters. The lowest BCUT2D eigenvalue weighted by Crippen LogP contribution is -2.19. The number of anilines is 1. The third kappa shape index (κ3) is 3.45. The highest BCUT2D eigenvalue weighted by molar-refractivity contribution is 7.20. The summed E-state index contributed by atoms with van der Waals surface area (Å²) in [4.78, 5) is 19.2. The van der Waals surface area contributed by atoms with Crippen LogP contribution in [-0.2, 0) is 6.54 Å². The van der Waals surface area contributed by atoms with Crippen LogP contribution in [0, 0.1) is 6.92 Å². The molecule has 0 aliphatic carbocycles. The predicted octanol–water partition coefficient (Wildman–Crippen LogP) is 4.04. The highest BCUT2D eigenvalue weighted by atomic mass is 32.1. The minimum atomic E-state index is -0.157. The zero-order chi connectivity index (χ0) is 19.7. The number of rotatable bonds is 6. The van der Waals surface area contributed by atoms with Gasteiger partial charge in [0.2, 0.25) is 10.1 Å². The molecule has 2 aromatic carbocycles. The summed E-state index contributed by atoms with van der Waals surface area (Å²) in [7, 11) is 1.97. The van der Waals surface area contributed by atoms with Gasteiger partial charge in [-0.2, -0.15) is 4.52 Å². The van der Waals surface area contributed by atoms with Crippen LogP contribution in [0.1, 0.15) is 24.6 Å². The smallest absolute Gasteiger partial charge is 0.275 e. The van der Waals surface area contributed by atoms with Gasteiger partial charge in [0, 0.05) is 30.9 Å². The van der Waals surface area contributed by atoms with Crippen LogP contribution in [0.5, 0.6) is 5.75 Å². The standard InChI is InChI=1S/C21H22N4O2S/c1-4-11-27-18-10-9-15-7-5-6-8-16(15)17(18)13-24(3)21-23-25-19(26)12-14(2)22-20(25)28-21/h5-10,12H,4,11,13H2,1-3H3. The van der Waals surface area contributed by atoms with Crippen LogP contribution in [0.2, 0.25) is 0 Å². The van der Waals surface area contributed by atoms with Gasteiger partial charge in [0.25, 0.3) is 5.56 Å². The summed E-state index contributed by atoms with van der Waals surface area (Å²) in [6, 6.07) is 13.9. The van der Waals surface area contributed by atoms with Gasteiger partial charge in [-0.15, -0.1) is 5.10 Å². The van der Waals surface area contributed by atoms with Gasteiger partial charge in [-0.1, -0.05) is 48.6 Å². The maximum absolute atomic E-state index is 12.2. The number of ether oxygens (including phenoxy) is 1. The van der Waals surface area contributed by atoms with Crippen molar-refractivity contribution in [3.05, 3.63) is 64.1 Å². The van der Waals surface area contributed by atoms with E-state index < -0.39 is 0 Å². The second-order valence-corrected chi connectivity index (χ2v) is 7.72. The van der Waals surface area contributed by atoms with Crippen LogP contribution in [-0.4, -0.2) is 28.3 Å². The van der Waals surface area contributed by atoms with Gasteiger partial charge in [-0.3, -0.25) is 4.79 Å². The molecule has 0 saturated carbocycles. The van der Waals surface area contributed by atoms with Crippen molar-refractivity contribution in [2.24, 2.45) is 0 Å². The van der Waals surface area contributed by atoms with Crippen molar-refractivity contribution in [1.29, 1.82) is 0 Å². The third-order valence-corrected chi connectivity index (χ3v) is 5.57. The van der Waals surface area contributed by atoms with Crippen LogP contribution in [0.25, 0.3) is 15.7 Å². The van der Waals surface area contributed by atoms with Gasteiger partial charge in [0.15, 0.2) is 0 Å². The molecule has 0 amide bonds. The topological polar surface area (TPSA) is 59.7 Å². The molecule has 0 radical (unpaired) electrons. The van der Waals surface area contributed by atoms with Gasteiger partial charge in [0.1, 0.15) is 5.75 Å². The average molecular weight is 395 g/mol. The van der Waals surface area contributed by atoms with E-state index in [0.717, 1.165) is 28.3 Å². The maximum atomic E-state index is 12.2. The van der Waals surface area contributed by atoms with E-state index in [1.165, 1.54) is 27.3 Å². The van der Waals surface area contributed by atoms with Crippen LogP contribution >= 0.6 is 11.3 Å². The monoisotopic (exact) mass is 394 g/mol. The van der Waals surface area contributed by atoms with E-state index in [9.17, 15) is 4.79 Å². The number of benzene rings is 2. The largest absolute Gasteiger partial charge is 0.493 e. The Kier molecular flexibility index (Phi) is 5.00. The lowest BCUT2D eigenvalue weighted by Gasteiger charge is -2.20. The average Bonchev–Trinajstić information content (AvgIpc) is 3.12. The molecule has 0 aliphatic heterocycles. The van der Waals surface area contributed by atoms with Crippen molar-refractivity contribution >= 4 is 32.2 Å². The molecule has 0 spiro atoms. The summed E-state index contributed by atoms with van der Waals surface area (Å²) >= 11 is 1.41. The Morgan fingerprint density at radius 3 is 2.86 bits per heavy atom. The lowest BCUT2D eigenvalue weighted by molar-refractivity contribution is 0.314. The van der Waals surface area contributed by atoms with Crippen molar-refractivity contribution < 1.29 is 4.74 Å². The fourth-order valence-electron chi connectivity index (χ4n) is 3.20. The van der Waals surface area contributed by atoms with Gasteiger partial charge in [0.05, 0.1) is 6.61 Å². The third-order valence-electron chi connectivity index (χ3n) is 4.54. The normalized spacial score (nSPS) is 11.2. The van der Waals surface area contributed by atoms with E-state index >= 15 is 0 Å². The van der Waals surface area contributed by atoms with E-state index in [2.05, 4.69) is 35.2 Å². The molecule has 2 heterocycles. The zero-order valence-corrected chi connectivity index (χ0v) is 17.0. The fraction of sp³-hybridized carbons (Fsp3) is 0.286. The van der Waals surface area contributed by atoms with E-state index in [4.69, 9.17) is 4.74 Å². The molecule has 0 saturated heterocycles. The molecule has 0 atom stereocenters. The molecule has 4 aromatic rings. The van der Waals surface area contributed by atoms with Crippen LogP contribution in [0.15, 0.2) is 47.3 Å². The molecule has 0 aliphatic rings. The molecule has 144 valence electrons. The van der Waals surface area contributed by atoms with E-state index in [1.807, 2.05) is 37.1 Å². The minimum absolute atomic E-state index is 0.157. The van der Waals surface area contributed by atoms with Crippen LogP contribution < -0.4 is 15.2 Å². The van der Waals surface area contributed by atoms with Crippen molar-refractivity contribution in [1.82, 2.24) is 14.6 Å². The second-order valence-electron chi connectivity index (χ2n) is 6.78. The first-order chi connectivity index (χ1) is 13.6. The summed E-state index contributed by atoms with van der Waals surface area (Å²) in [6.45, 7) is 5.21. The highest BCUT2D eigenvalue weighted by Crippen LogP contribution is 2.31. The molecule has 2 aromatic heterocycles. The summed E-state index contributed by atoms with van der Waals surface area (Å²) in [5, 5.41) is 7.54. The van der Waals surface area contributed by atoms with Crippen molar-refractivity contribution in [2.45, 2.75) is 26.8 Å². The molecule has 0 N–H and O–H groups in total. The van der Waals surface area contributed by atoms with E-state index in [1.54, 1.807) is 0 Å². The molecule has 0 bridgehead atoms. The number of aromatic nitrogens is 3. The minimum Gasteiger partial charge on any atom is -0.493 e. The summed E-state index contributed by atoms with van der Waals surface area (Å²) in [5.74, 6) is 0.889. The maximum Gasteiger partial charge on any atom is 0.275 e. The molecular weight excluding hydrogens is 372 g/mol. The first-order valence-electron chi connectivity index (χ1n) is 9.29. The first-order valence-corrected chi connectivity index (χ1v) is 10.1. The van der Waals surface area contributed by atoms with E-state index in [-0.39, 0.29) is 5.56 Å². The van der Waals surface area contributed by atoms with Crippen molar-refractivity contribution in [2.75, 3.05) is 18.6 Å².